The van der Waals surface area contributed by atoms with Crippen LogP contribution < -0.4 is 5.32 Å². The Bertz CT molecular complexity index is 1130. The average Bonchev–Trinajstić information content (AvgIpc) is 3.28. The van der Waals surface area contributed by atoms with Crippen molar-refractivity contribution in [2.45, 2.75) is 37.0 Å². The summed E-state index contributed by atoms with van der Waals surface area (Å²) in [6.45, 7) is 1.68. The molecule has 2 aromatic carbocycles. The number of benzene rings is 2. The highest BCUT2D eigenvalue weighted by Gasteiger charge is 2.42. The number of piperidine rings is 1. The minimum Gasteiger partial charge on any atom is -0.342 e. The van der Waals surface area contributed by atoms with Crippen molar-refractivity contribution in [3.05, 3.63) is 65.7 Å². The Balaban J connectivity index is 1.09. The third kappa shape index (κ3) is 5.61. The number of rotatable bonds is 5. The number of anilines is 1. The fourth-order valence-electron chi connectivity index (χ4n) is 4.87. The lowest BCUT2D eigenvalue weighted by Gasteiger charge is -2.32. The van der Waals surface area contributed by atoms with Gasteiger partial charge in [-0.1, -0.05) is 54.2 Å². The molecule has 5 rings (SSSR count). The molecule has 2 fully saturated rings. The van der Waals surface area contributed by atoms with Crippen LogP contribution >= 0.6 is 11.8 Å². The molecule has 2 saturated heterocycles. The van der Waals surface area contributed by atoms with Crippen LogP contribution in [0.15, 0.2) is 59.6 Å². The third-order valence-corrected chi connectivity index (χ3v) is 9.85. The Morgan fingerprint density at radius 1 is 1.00 bits per heavy atom. The molecule has 2 atom stereocenters. The number of fused-ring (bicyclic) bond motifs is 1. The Hall–Kier alpha value is -2.32. The number of hydrogen-bond donors (Lipinski definition) is 1. The molecule has 0 unspecified atom stereocenters. The summed E-state index contributed by atoms with van der Waals surface area (Å²) in [6.07, 6.45) is 3.64. The molecule has 2 aromatic rings. The molecule has 174 valence electrons. The first-order chi connectivity index (χ1) is 15.9. The van der Waals surface area contributed by atoms with E-state index >= 15 is 0 Å². The molecule has 0 radical (unpaired) electrons. The number of hydrogen-bond acceptors (Lipinski definition) is 6. The molecule has 0 spiro atoms. The van der Waals surface area contributed by atoms with Crippen molar-refractivity contribution in [1.29, 1.82) is 0 Å². The van der Waals surface area contributed by atoms with E-state index in [1.54, 1.807) is 0 Å². The summed E-state index contributed by atoms with van der Waals surface area (Å²) >= 11 is 1.51. The van der Waals surface area contributed by atoms with Crippen LogP contribution in [-0.2, 0) is 27.5 Å². The highest BCUT2D eigenvalue weighted by atomic mass is 32.2. The van der Waals surface area contributed by atoms with E-state index in [2.05, 4.69) is 34.6 Å². The molecular formula is C25H29N3O3S2. The number of thioether (sulfide) groups is 1. The molecule has 0 saturated carbocycles. The molecule has 3 aliphatic heterocycles. The van der Waals surface area contributed by atoms with Gasteiger partial charge in [-0.3, -0.25) is 9.79 Å². The van der Waals surface area contributed by atoms with Crippen LogP contribution in [0, 0.1) is 5.92 Å². The summed E-state index contributed by atoms with van der Waals surface area (Å²) in [7, 11) is -2.94. The van der Waals surface area contributed by atoms with Crippen molar-refractivity contribution in [2.24, 2.45) is 10.9 Å². The fourth-order valence-corrected chi connectivity index (χ4v) is 8.54. The quantitative estimate of drug-likeness (QED) is 0.705. The normalized spacial score (nSPS) is 24.4. The van der Waals surface area contributed by atoms with Crippen LogP contribution in [0.3, 0.4) is 0 Å². The molecule has 1 N–H and O–H groups in total. The molecule has 3 aliphatic rings. The number of amides is 1. The van der Waals surface area contributed by atoms with Gasteiger partial charge >= 0.3 is 0 Å². The largest absolute Gasteiger partial charge is 0.342 e. The first kappa shape index (κ1) is 22.5. The number of carbonyl (C=O) groups excluding carboxylic acids is 1. The van der Waals surface area contributed by atoms with Gasteiger partial charge < -0.3 is 10.2 Å². The summed E-state index contributed by atoms with van der Waals surface area (Å²) in [6, 6.07) is 18.4. The van der Waals surface area contributed by atoms with Gasteiger partial charge in [-0.15, -0.1) is 0 Å². The van der Waals surface area contributed by atoms with E-state index in [-0.39, 0.29) is 28.7 Å². The molecule has 0 aliphatic carbocycles. The zero-order chi connectivity index (χ0) is 22.8. The van der Waals surface area contributed by atoms with Crippen molar-refractivity contribution in [2.75, 3.05) is 29.9 Å². The number of sulfone groups is 1. The molecule has 33 heavy (non-hydrogen) atoms. The molecule has 3 heterocycles. The maximum atomic E-state index is 12.8. The molecule has 6 nitrogen and oxygen atoms in total. The number of aliphatic imine (C=N–C) groups is 1. The first-order valence-electron chi connectivity index (χ1n) is 11.6. The number of nitrogens with zero attached hydrogens (tertiary/aromatic N) is 2. The van der Waals surface area contributed by atoms with Crippen LogP contribution in [0.4, 0.5) is 5.69 Å². The second kappa shape index (κ2) is 9.50. The highest BCUT2D eigenvalue weighted by Crippen LogP contribution is 2.34. The van der Waals surface area contributed by atoms with Crippen LogP contribution in [0.5, 0.6) is 0 Å². The van der Waals surface area contributed by atoms with Gasteiger partial charge in [0.05, 0.1) is 24.0 Å². The Kier molecular flexibility index (Phi) is 6.47. The SMILES string of the molecule is O=C(Cc1ccc(NC2=N[C@@H]3CS(=O)(=O)C[C@@H]3S2)cc1)N1CCC(Cc2ccccc2)CC1. The summed E-state index contributed by atoms with van der Waals surface area (Å²) in [5, 5.41) is 4.10. The minimum atomic E-state index is -2.94. The van der Waals surface area contributed by atoms with Gasteiger partial charge in [0.25, 0.3) is 0 Å². The van der Waals surface area contributed by atoms with E-state index in [9.17, 15) is 13.2 Å². The second-order valence-electron chi connectivity index (χ2n) is 9.25. The van der Waals surface area contributed by atoms with E-state index < -0.39 is 9.84 Å². The molecule has 0 bridgehead atoms. The number of amidine groups is 1. The summed E-state index contributed by atoms with van der Waals surface area (Å²) in [5.74, 6) is 1.21. The van der Waals surface area contributed by atoms with E-state index in [1.165, 1.54) is 17.3 Å². The average molecular weight is 484 g/mol. The maximum absolute atomic E-state index is 12.8. The fraction of sp³-hybridized carbons (Fsp3) is 0.440. The lowest BCUT2D eigenvalue weighted by atomic mass is 9.90. The van der Waals surface area contributed by atoms with Crippen LogP contribution in [-0.4, -0.2) is 60.3 Å². The number of nitrogens with one attached hydrogen (secondary N) is 1. The van der Waals surface area contributed by atoms with Crippen LogP contribution in [0.2, 0.25) is 0 Å². The standard InChI is InChI=1S/C25H29N3O3S2/c29-24(28-12-10-20(11-13-28)14-18-4-2-1-3-5-18)15-19-6-8-21(9-7-19)26-25-27-22-16-33(30,31)17-23(22)32-25/h1-9,20,22-23H,10-17H2,(H,26,27)/t22-,23+/m1/s1. The second-order valence-corrected chi connectivity index (χ2v) is 12.6. The van der Waals surface area contributed by atoms with Crippen molar-refractivity contribution < 1.29 is 13.2 Å². The van der Waals surface area contributed by atoms with E-state index in [0.29, 0.717) is 12.3 Å². The number of carbonyl (C=O) groups is 1. The van der Waals surface area contributed by atoms with Crippen molar-refractivity contribution >= 4 is 38.4 Å². The Morgan fingerprint density at radius 2 is 1.73 bits per heavy atom. The van der Waals surface area contributed by atoms with Crippen molar-refractivity contribution in [3.8, 4) is 0 Å². The van der Waals surface area contributed by atoms with E-state index in [0.717, 1.165) is 48.8 Å². The van der Waals surface area contributed by atoms with Crippen LogP contribution in [0.25, 0.3) is 0 Å². The van der Waals surface area contributed by atoms with Gasteiger partial charge in [0.1, 0.15) is 0 Å². The molecular weight excluding hydrogens is 454 g/mol. The van der Waals surface area contributed by atoms with Crippen molar-refractivity contribution in [1.82, 2.24) is 4.90 Å². The van der Waals surface area contributed by atoms with Gasteiger partial charge in [-0.25, -0.2) is 8.42 Å². The maximum Gasteiger partial charge on any atom is 0.226 e. The molecule has 0 aromatic heterocycles. The topological polar surface area (TPSA) is 78.8 Å². The molecule has 8 heteroatoms. The van der Waals surface area contributed by atoms with Gasteiger partial charge in [0.15, 0.2) is 15.0 Å². The monoisotopic (exact) mass is 483 g/mol. The summed E-state index contributed by atoms with van der Waals surface area (Å²) < 4.78 is 23.4. The van der Waals surface area contributed by atoms with Crippen molar-refractivity contribution in [3.63, 3.8) is 0 Å². The minimum absolute atomic E-state index is 0.0335. The van der Waals surface area contributed by atoms with E-state index in [4.69, 9.17) is 0 Å². The lowest BCUT2D eigenvalue weighted by molar-refractivity contribution is -0.131. The van der Waals surface area contributed by atoms with Crippen LogP contribution in [0.1, 0.15) is 24.0 Å². The first-order valence-corrected chi connectivity index (χ1v) is 14.3. The van der Waals surface area contributed by atoms with Gasteiger partial charge in [0, 0.05) is 24.0 Å². The van der Waals surface area contributed by atoms with Gasteiger partial charge in [-0.05, 0) is 48.4 Å². The zero-order valence-corrected chi connectivity index (χ0v) is 20.2. The Morgan fingerprint density at radius 3 is 2.42 bits per heavy atom. The smallest absolute Gasteiger partial charge is 0.226 e. The predicted molar refractivity (Wildman–Crippen MR) is 134 cm³/mol. The molecule has 1 amide bonds. The lowest BCUT2D eigenvalue weighted by Crippen LogP contribution is -2.39. The summed E-state index contributed by atoms with van der Waals surface area (Å²) in [4.78, 5) is 19.3. The summed E-state index contributed by atoms with van der Waals surface area (Å²) in [5.41, 5.74) is 3.29. The zero-order valence-electron chi connectivity index (χ0n) is 18.5. The van der Waals surface area contributed by atoms with Gasteiger partial charge in [0.2, 0.25) is 5.91 Å². The highest BCUT2D eigenvalue weighted by molar-refractivity contribution is 8.15. The van der Waals surface area contributed by atoms with E-state index in [1.807, 2.05) is 35.2 Å². The van der Waals surface area contributed by atoms with Gasteiger partial charge in [-0.2, -0.15) is 0 Å². The third-order valence-electron chi connectivity index (χ3n) is 6.71. The number of likely N-dealkylation sites (tertiary alicyclic amines) is 1. The predicted octanol–water partition coefficient (Wildman–Crippen LogP) is 3.39. The Labute approximate surface area is 199 Å².